The third-order valence-electron chi connectivity index (χ3n) is 9.63. The van der Waals surface area contributed by atoms with Gasteiger partial charge in [0.1, 0.15) is 18.2 Å². The number of aliphatic carboxylic acids is 1. The molecule has 0 radical (unpaired) electrons. The number of benzene rings is 3. The van der Waals surface area contributed by atoms with E-state index in [0.29, 0.717) is 138 Å². The number of nitrogens with zero attached hydrogens (tertiary/aromatic N) is 1. The number of halogens is 1. The van der Waals surface area contributed by atoms with Gasteiger partial charge in [0, 0.05) is 30.0 Å². The molecule has 2 atom stereocenters. The lowest BCUT2D eigenvalue weighted by atomic mass is 9.94. The summed E-state index contributed by atoms with van der Waals surface area (Å²) in [5, 5.41) is 33.3. The van der Waals surface area contributed by atoms with Crippen molar-refractivity contribution in [3.8, 4) is 28.1 Å². The van der Waals surface area contributed by atoms with Gasteiger partial charge in [0.15, 0.2) is 0 Å². The summed E-state index contributed by atoms with van der Waals surface area (Å²) in [6, 6.07) is 22.5. The lowest BCUT2D eigenvalue weighted by Crippen LogP contribution is -2.22. The van der Waals surface area contributed by atoms with E-state index >= 15 is 0 Å². The zero-order chi connectivity index (χ0) is 45.2. The summed E-state index contributed by atoms with van der Waals surface area (Å²) in [6.45, 7) is 10.4. The SMILES string of the molecule is CC(C)c1c(C(=O)Nc2ccccc2)c(-c2ccc(OCCOCCOCCOCCOCCOCCOCCN)cc2)c(-c2ccc(F)cc2)n1CC[C@@H](O)C[C@@H](O)CC(=O)O. The quantitative estimate of drug-likeness (QED) is 0.0363. The van der Waals surface area contributed by atoms with E-state index < -0.39 is 30.4 Å². The molecular formula is C47H64FN3O12. The van der Waals surface area contributed by atoms with E-state index in [-0.39, 0.29) is 31.2 Å². The van der Waals surface area contributed by atoms with Crippen LogP contribution < -0.4 is 15.8 Å². The van der Waals surface area contributed by atoms with Crippen LogP contribution >= 0.6 is 0 Å². The highest BCUT2D eigenvalue weighted by atomic mass is 19.1. The molecule has 0 saturated carbocycles. The number of carbonyl (C=O) groups excluding carboxylic acids is 1. The number of amides is 1. The summed E-state index contributed by atoms with van der Waals surface area (Å²) in [4.78, 5) is 25.6. The smallest absolute Gasteiger partial charge is 0.305 e. The molecule has 6 N–H and O–H groups in total. The number of anilines is 1. The van der Waals surface area contributed by atoms with Crippen LogP contribution in [0.1, 0.15) is 55.1 Å². The number of hydrogen-bond acceptors (Lipinski definition) is 12. The number of nitrogens with one attached hydrogen (secondary N) is 1. The molecule has 16 heteroatoms. The molecule has 0 unspecified atom stereocenters. The van der Waals surface area contributed by atoms with Crippen molar-refractivity contribution >= 4 is 17.6 Å². The van der Waals surface area contributed by atoms with E-state index in [4.69, 9.17) is 44.0 Å². The van der Waals surface area contributed by atoms with Crippen molar-refractivity contribution in [3.63, 3.8) is 0 Å². The standard InChI is InChI=1S/C47H64FN3O12/c1-34(2)45-44(47(56)50-38-6-4-3-5-7-38)43(46(36-8-12-37(48)13-9-36)51(45)18-16-39(52)32-40(53)33-42(54)55)35-10-14-41(15-11-35)63-31-30-62-29-28-61-27-26-60-25-24-59-23-22-58-21-20-57-19-17-49/h3-15,34,39-40,52-53H,16-33,49H2,1-2H3,(H,50,56)(H,54,55)/t39-,40-/m1/s1. The molecular weight excluding hydrogens is 818 g/mol. The maximum absolute atomic E-state index is 14.5. The summed E-state index contributed by atoms with van der Waals surface area (Å²) in [6.07, 6.45) is -2.74. The molecule has 0 aliphatic carbocycles. The van der Waals surface area contributed by atoms with Crippen LogP contribution in [0.2, 0.25) is 0 Å². The maximum atomic E-state index is 14.5. The summed E-state index contributed by atoms with van der Waals surface area (Å²) in [5.41, 5.74) is 9.66. The average Bonchev–Trinajstić information content (AvgIpc) is 3.61. The van der Waals surface area contributed by atoms with Gasteiger partial charge in [-0.2, -0.15) is 0 Å². The van der Waals surface area contributed by atoms with Crippen LogP contribution in [0.15, 0.2) is 78.9 Å². The van der Waals surface area contributed by atoms with Gasteiger partial charge >= 0.3 is 5.97 Å². The third kappa shape index (κ3) is 18.1. The van der Waals surface area contributed by atoms with Gasteiger partial charge in [0.05, 0.1) is 109 Å². The zero-order valence-corrected chi connectivity index (χ0v) is 36.4. The highest BCUT2D eigenvalue weighted by molar-refractivity contribution is 6.12. The Hall–Kier alpha value is -4.75. The molecule has 4 rings (SSSR count). The number of para-hydroxylation sites is 1. The number of aliphatic hydroxyl groups excluding tert-OH is 2. The Morgan fingerprint density at radius 1 is 0.683 bits per heavy atom. The Kier molecular flexibility index (Phi) is 23.3. The zero-order valence-electron chi connectivity index (χ0n) is 36.4. The fourth-order valence-corrected chi connectivity index (χ4v) is 6.82. The minimum Gasteiger partial charge on any atom is -0.491 e. The number of carboxylic acids is 1. The Morgan fingerprint density at radius 2 is 1.19 bits per heavy atom. The van der Waals surface area contributed by atoms with Gasteiger partial charge in [0.2, 0.25) is 0 Å². The van der Waals surface area contributed by atoms with Crippen molar-refractivity contribution in [3.05, 3.63) is 95.9 Å². The van der Waals surface area contributed by atoms with E-state index in [1.807, 2.05) is 60.9 Å². The van der Waals surface area contributed by atoms with Gasteiger partial charge in [-0.05, 0) is 78.4 Å². The van der Waals surface area contributed by atoms with Gasteiger partial charge in [-0.15, -0.1) is 0 Å². The monoisotopic (exact) mass is 881 g/mol. The number of carboxylic acid groups (broad SMARTS) is 1. The van der Waals surface area contributed by atoms with Crippen LogP contribution in [-0.4, -0.2) is 136 Å². The number of aromatic nitrogens is 1. The van der Waals surface area contributed by atoms with Crippen LogP contribution in [0.4, 0.5) is 10.1 Å². The Labute approximate surface area is 369 Å². The summed E-state index contributed by atoms with van der Waals surface area (Å²) < 4.78 is 55.2. The number of nitrogens with two attached hydrogens (primary N) is 1. The minimum atomic E-state index is -1.23. The molecule has 1 amide bonds. The van der Waals surface area contributed by atoms with Crippen molar-refractivity contribution in [2.75, 3.05) is 97.8 Å². The molecule has 1 aromatic heterocycles. The Bertz CT molecular complexity index is 1890. The fraction of sp³-hybridized carbons (Fsp3) is 0.489. The van der Waals surface area contributed by atoms with Crippen LogP contribution in [0.3, 0.4) is 0 Å². The molecule has 0 bridgehead atoms. The normalized spacial score (nSPS) is 12.4. The summed E-state index contributed by atoms with van der Waals surface area (Å²) >= 11 is 0. The molecule has 15 nitrogen and oxygen atoms in total. The maximum Gasteiger partial charge on any atom is 0.305 e. The first-order chi connectivity index (χ1) is 30.6. The van der Waals surface area contributed by atoms with Crippen molar-refractivity contribution in [1.29, 1.82) is 0 Å². The highest BCUT2D eigenvalue weighted by Crippen LogP contribution is 2.43. The summed E-state index contributed by atoms with van der Waals surface area (Å²) in [7, 11) is 0. The predicted molar refractivity (Wildman–Crippen MR) is 237 cm³/mol. The van der Waals surface area contributed by atoms with E-state index in [1.165, 1.54) is 12.1 Å². The van der Waals surface area contributed by atoms with E-state index in [9.17, 15) is 24.2 Å². The third-order valence-corrected chi connectivity index (χ3v) is 9.63. The van der Waals surface area contributed by atoms with Crippen LogP contribution in [-0.2, 0) is 39.8 Å². The molecule has 1 heterocycles. The molecule has 0 aliphatic rings. The van der Waals surface area contributed by atoms with Gasteiger partial charge in [-0.3, -0.25) is 9.59 Å². The second kappa shape index (κ2) is 28.8. The summed E-state index contributed by atoms with van der Waals surface area (Å²) in [5.74, 6) is -1.54. The molecule has 0 fully saturated rings. The van der Waals surface area contributed by atoms with E-state index in [1.54, 1.807) is 24.3 Å². The average molecular weight is 882 g/mol. The predicted octanol–water partition coefficient (Wildman–Crippen LogP) is 5.75. The van der Waals surface area contributed by atoms with Gasteiger partial charge in [-0.25, -0.2) is 4.39 Å². The number of ether oxygens (including phenoxy) is 7. The topological polar surface area (TPSA) is 202 Å². The van der Waals surface area contributed by atoms with Crippen molar-refractivity contribution in [2.45, 2.75) is 57.8 Å². The number of aliphatic hydroxyl groups is 2. The lowest BCUT2D eigenvalue weighted by molar-refractivity contribution is -0.139. The van der Waals surface area contributed by atoms with E-state index in [2.05, 4.69) is 5.32 Å². The number of carbonyl (C=O) groups is 2. The first kappa shape index (κ1) is 50.9. The van der Waals surface area contributed by atoms with Crippen molar-refractivity contribution in [1.82, 2.24) is 4.57 Å². The highest BCUT2D eigenvalue weighted by Gasteiger charge is 2.31. The first-order valence-corrected chi connectivity index (χ1v) is 21.4. The van der Waals surface area contributed by atoms with Crippen molar-refractivity contribution < 1.29 is 62.5 Å². The van der Waals surface area contributed by atoms with Gasteiger partial charge < -0.3 is 64.1 Å². The van der Waals surface area contributed by atoms with Crippen molar-refractivity contribution in [2.24, 2.45) is 5.73 Å². The minimum absolute atomic E-state index is 0.135. The lowest BCUT2D eigenvalue weighted by Gasteiger charge is -2.20. The largest absolute Gasteiger partial charge is 0.491 e. The molecule has 0 aliphatic heterocycles. The van der Waals surface area contributed by atoms with Crippen LogP contribution in [0.25, 0.3) is 22.4 Å². The molecule has 346 valence electrons. The molecule has 3 aromatic carbocycles. The van der Waals surface area contributed by atoms with Gasteiger partial charge in [-0.1, -0.05) is 44.2 Å². The Balaban J connectivity index is 1.37. The van der Waals surface area contributed by atoms with Crippen LogP contribution in [0.5, 0.6) is 5.75 Å². The molecule has 0 saturated heterocycles. The Morgan fingerprint density at radius 3 is 1.70 bits per heavy atom. The van der Waals surface area contributed by atoms with Gasteiger partial charge in [0.25, 0.3) is 5.91 Å². The molecule has 4 aromatic rings. The molecule has 63 heavy (non-hydrogen) atoms. The van der Waals surface area contributed by atoms with Crippen LogP contribution in [0, 0.1) is 5.82 Å². The number of rotatable bonds is 33. The first-order valence-electron chi connectivity index (χ1n) is 21.4. The second-order valence-corrected chi connectivity index (χ2v) is 14.9. The second-order valence-electron chi connectivity index (χ2n) is 14.9. The fourth-order valence-electron chi connectivity index (χ4n) is 6.82. The van der Waals surface area contributed by atoms with E-state index in [0.717, 1.165) is 0 Å². The molecule has 0 spiro atoms. The number of hydrogen-bond donors (Lipinski definition) is 5.